The first kappa shape index (κ1) is 18.7. The van der Waals surface area contributed by atoms with Crippen LogP contribution in [0.3, 0.4) is 0 Å². The maximum atomic E-state index is 12.6. The lowest BCUT2D eigenvalue weighted by Crippen LogP contribution is -2.39. The van der Waals surface area contributed by atoms with Gasteiger partial charge < -0.3 is 9.47 Å². The molecule has 0 fully saturated rings. The van der Waals surface area contributed by atoms with Crippen molar-refractivity contribution in [2.45, 2.75) is 26.8 Å². The number of hydrogen-bond donors (Lipinski definition) is 0. The SMILES string of the molecule is CCN(CC)C(=S)SCCCn1c(=O)c2c(ncn2C)n(C)c1=O. The van der Waals surface area contributed by atoms with Crippen LogP contribution in [0.15, 0.2) is 15.9 Å². The van der Waals surface area contributed by atoms with Crippen LogP contribution < -0.4 is 11.2 Å². The number of thioether (sulfide) groups is 1. The Morgan fingerprint density at radius 3 is 2.58 bits per heavy atom. The second-order valence-corrected chi connectivity index (χ2v) is 7.20. The van der Waals surface area contributed by atoms with E-state index >= 15 is 0 Å². The van der Waals surface area contributed by atoms with Crippen molar-refractivity contribution in [1.29, 1.82) is 0 Å². The number of nitrogens with zero attached hydrogens (tertiary/aromatic N) is 5. The summed E-state index contributed by atoms with van der Waals surface area (Å²) in [7, 11) is 3.39. The molecule has 0 saturated carbocycles. The van der Waals surface area contributed by atoms with Gasteiger partial charge in [-0.05, 0) is 20.3 Å². The largest absolute Gasteiger partial charge is 0.358 e. The Bertz CT molecular complexity index is 848. The Morgan fingerprint density at radius 2 is 1.96 bits per heavy atom. The van der Waals surface area contributed by atoms with E-state index in [-0.39, 0.29) is 11.2 Å². The Balaban J connectivity index is 2.11. The molecule has 2 heterocycles. The summed E-state index contributed by atoms with van der Waals surface area (Å²) < 4.78 is 5.22. The van der Waals surface area contributed by atoms with E-state index in [2.05, 4.69) is 23.7 Å². The average Bonchev–Trinajstić information content (AvgIpc) is 2.95. The number of aromatic nitrogens is 4. The number of rotatable bonds is 6. The van der Waals surface area contributed by atoms with E-state index in [0.717, 1.165) is 23.2 Å². The number of thiocarbonyl (C=S) groups is 1. The second-order valence-electron chi connectivity index (χ2n) is 5.47. The van der Waals surface area contributed by atoms with Gasteiger partial charge in [-0.2, -0.15) is 0 Å². The Hall–Kier alpha value is -1.61. The summed E-state index contributed by atoms with van der Waals surface area (Å²) in [6.07, 6.45) is 2.25. The molecule has 24 heavy (non-hydrogen) atoms. The summed E-state index contributed by atoms with van der Waals surface area (Å²) in [6, 6.07) is 0. The minimum Gasteiger partial charge on any atom is -0.358 e. The topological polar surface area (TPSA) is 65.1 Å². The maximum absolute atomic E-state index is 12.6. The van der Waals surface area contributed by atoms with E-state index in [4.69, 9.17) is 12.2 Å². The zero-order valence-corrected chi connectivity index (χ0v) is 16.1. The molecule has 0 radical (unpaired) electrons. The van der Waals surface area contributed by atoms with Crippen LogP contribution in [0.1, 0.15) is 20.3 Å². The molecule has 0 aliphatic rings. The molecule has 0 N–H and O–H groups in total. The Kier molecular flexibility index (Phi) is 6.22. The van der Waals surface area contributed by atoms with E-state index in [1.165, 1.54) is 9.13 Å². The maximum Gasteiger partial charge on any atom is 0.332 e. The number of fused-ring (bicyclic) bond motifs is 1. The van der Waals surface area contributed by atoms with Gasteiger partial charge in [0.05, 0.1) is 6.33 Å². The zero-order chi connectivity index (χ0) is 17.9. The fraction of sp³-hybridized carbons (Fsp3) is 0.600. The van der Waals surface area contributed by atoms with Crippen LogP contribution in [-0.4, -0.2) is 46.7 Å². The van der Waals surface area contributed by atoms with E-state index in [1.807, 2.05) is 0 Å². The molecule has 0 bridgehead atoms. The number of aryl methyl sites for hydroxylation is 2. The monoisotopic (exact) mass is 369 g/mol. The molecule has 0 amide bonds. The highest BCUT2D eigenvalue weighted by atomic mass is 32.2. The van der Waals surface area contributed by atoms with Crippen LogP contribution in [0.25, 0.3) is 11.2 Å². The van der Waals surface area contributed by atoms with E-state index in [0.29, 0.717) is 24.1 Å². The van der Waals surface area contributed by atoms with Crippen molar-refractivity contribution in [3.8, 4) is 0 Å². The molecular formula is C15H23N5O2S2. The molecular weight excluding hydrogens is 346 g/mol. The van der Waals surface area contributed by atoms with Crippen molar-refractivity contribution < 1.29 is 0 Å². The smallest absolute Gasteiger partial charge is 0.332 e. The molecule has 0 aliphatic carbocycles. The fourth-order valence-corrected chi connectivity index (χ4v) is 3.95. The molecule has 2 aromatic rings. The van der Waals surface area contributed by atoms with Crippen molar-refractivity contribution in [2.75, 3.05) is 18.8 Å². The van der Waals surface area contributed by atoms with Gasteiger partial charge in [0, 0.05) is 39.5 Å². The molecule has 0 saturated heterocycles. The lowest BCUT2D eigenvalue weighted by molar-refractivity contribution is 0.482. The number of imidazole rings is 1. The third kappa shape index (κ3) is 3.56. The summed E-state index contributed by atoms with van der Waals surface area (Å²) in [5, 5.41) is 0. The molecule has 2 rings (SSSR count). The average molecular weight is 370 g/mol. The summed E-state index contributed by atoms with van der Waals surface area (Å²) in [4.78, 5) is 31.2. The van der Waals surface area contributed by atoms with Gasteiger partial charge in [0.25, 0.3) is 5.56 Å². The van der Waals surface area contributed by atoms with Crippen LogP contribution in [0.5, 0.6) is 0 Å². The predicted octanol–water partition coefficient (Wildman–Crippen LogP) is 1.18. The van der Waals surface area contributed by atoms with E-state index in [9.17, 15) is 9.59 Å². The molecule has 2 aromatic heterocycles. The van der Waals surface area contributed by atoms with Crippen molar-refractivity contribution in [2.24, 2.45) is 14.1 Å². The minimum absolute atomic E-state index is 0.288. The molecule has 0 aliphatic heterocycles. The van der Waals surface area contributed by atoms with Crippen molar-refractivity contribution in [3.63, 3.8) is 0 Å². The van der Waals surface area contributed by atoms with Crippen LogP contribution in [0.2, 0.25) is 0 Å². The molecule has 0 aromatic carbocycles. The van der Waals surface area contributed by atoms with Gasteiger partial charge in [-0.15, -0.1) is 0 Å². The van der Waals surface area contributed by atoms with Gasteiger partial charge in [0.2, 0.25) is 0 Å². The van der Waals surface area contributed by atoms with Crippen LogP contribution in [-0.2, 0) is 20.6 Å². The van der Waals surface area contributed by atoms with Gasteiger partial charge in [0.15, 0.2) is 11.2 Å². The molecule has 9 heteroatoms. The second kappa shape index (κ2) is 7.98. The lowest BCUT2D eigenvalue weighted by atomic mass is 10.4. The van der Waals surface area contributed by atoms with Crippen molar-refractivity contribution >= 4 is 39.5 Å². The van der Waals surface area contributed by atoms with Gasteiger partial charge in [0.1, 0.15) is 4.32 Å². The van der Waals surface area contributed by atoms with Gasteiger partial charge in [-0.1, -0.05) is 24.0 Å². The first-order valence-electron chi connectivity index (χ1n) is 7.94. The van der Waals surface area contributed by atoms with Crippen LogP contribution >= 0.6 is 24.0 Å². The Labute approximate surface area is 150 Å². The highest BCUT2D eigenvalue weighted by Gasteiger charge is 2.14. The number of hydrogen-bond acceptors (Lipinski definition) is 5. The van der Waals surface area contributed by atoms with Crippen molar-refractivity contribution in [1.82, 2.24) is 23.6 Å². The van der Waals surface area contributed by atoms with Gasteiger partial charge in [-0.3, -0.25) is 13.9 Å². The quantitative estimate of drug-likeness (QED) is 0.563. The van der Waals surface area contributed by atoms with Crippen LogP contribution in [0.4, 0.5) is 0 Å². The third-order valence-electron chi connectivity index (χ3n) is 3.97. The highest BCUT2D eigenvalue weighted by Crippen LogP contribution is 2.11. The minimum atomic E-state index is -0.331. The zero-order valence-electron chi connectivity index (χ0n) is 14.5. The van der Waals surface area contributed by atoms with Crippen molar-refractivity contribution in [3.05, 3.63) is 27.2 Å². The van der Waals surface area contributed by atoms with E-state index in [1.54, 1.807) is 36.8 Å². The van der Waals surface area contributed by atoms with E-state index < -0.39 is 0 Å². The molecule has 132 valence electrons. The normalized spacial score (nSPS) is 11.2. The fourth-order valence-electron chi connectivity index (χ4n) is 2.55. The predicted molar refractivity (Wildman–Crippen MR) is 103 cm³/mol. The molecule has 7 nitrogen and oxygen atoms in total. The third-order valence-corrected chi connectivity index (χ3v) is 5.58. The van der Waals surface area contributed by atoms with Gasteiger partial charge in [-0.25, -0.2) is 9.78 Å². The molecule has 0 spiro atoms. The van der Waals surface area contributed by atoms with Gasteiger partial charge >= 0.3 is 5.69 Å². The summed E-state index contributed by atoms with van der Waals surface area (Å²) in [6.45, 7) is 6.30. The Morgan fingerprint density at radius 1 is 1.29 bits per heavy atom. The summed E-state index contributed by atoms with van der Waals surface area (Å²) in [5.41, 5.74) is 0.246. The standard InChI is InChI=1S/C15H23N5O2S2/c1-5-19(6-2)15(23)24-9-7-8-20-13(21)11-12(16-10-17(11)3)18(4)14(20)22/h10H,5-9H2,1-4H3. The summed E-state index contributed by atoms with van der Waals surface area (Å²) >= 11 is 6.98. The highest BCUT2D eigenvalue weighted by molar-refractivity contribution is 8.22. The first-order valence-corrected chi connectivity index (χ1v) is 9.34. The summed E-state index contributed by atoms with van der Waals surface area (Å²) in [5.74, 6) is 0.772. The van der Waals surface area contributed by atoms with Crippen LogP contribution in [0, 0.1) is 0 Å². The lowest BCUT2D eigenvalue weighted by Gasteiger charge is -2.20. The first-order chi connectivity index (χ1) is 11.4. The molecule has 0 atom stereocenters. The molecule has 0 unspecified atom stereocenters.